The third kappa shape index (κ3) is 3.67. The minimum atomic E-state index is -0.582. The molecular weight excluding hydrogens is 268 g/mol. The standard InChI is InChI=1S/C13H17ClN2O3/c1-3-5-9-15(4-2)13(17)10-7-6-8-11(12(10)14)16(18)19/h6-8H,3-5,9H2,1-2H3. The van der Waals surface area contributed by atoms with E-state index in [1.54, 1.807) is 4.90 Å². The highest BCUT2D eigenvalue weighted by Crippen LogP contribution is 2.28. The first-order chi connectivity index (χ1) is 9.02. The largest absolute Gasteiger partial charge is 0.339 e. The summed E-state index contributed by atoms with van der Waals surface area (Å²) in [5, 5.41) is 10.7. The number of nitrogens with zero attached hydrogens (tertiary/aromatic N) is 2. The lowest BCUT2D eigenvalue weighted by Crippen LogP contribution is -2.32. The minimum Gasteiger partial charge on any atom is -0.339 e. The normalized spacial score (nSPS) is 10.3. The molecule has 0 saturated heterocycles. The number of rotatable bonds is 6. The van der Waals surface area contributed by atoms with Crippen LogP contribution in [0.4, 0.5) is 5.69 Å². The topological polar surface area (TPSA) is 63.5 Å². The number of halogens is 1. The molecule has 1 aromatic carbocycles. The van der Waals surface area contributed by atoms with Crippen LogP contribution in [0.3, 0.4) is 0 Å². The number of nitro groups is 1. The van der Waals surface area contributed by atoms with Crippen LogP contribution in [-0.4, -0.2) is 28.8 Å². The highest BCUT2D eigenvalue weighted by Gasteiger charge is 2.22. The van der Waals surface area contributed by atoms with E-state index in [4.69, 9.17) is 11.6 Å². The predicted molar refractivity (Wildman–Crippen MR) is 74.6 cm³/mol. The van der Waals surface area contributed by atoms with Gasteiger partial charge in [-0.1, -0.05) is 31.0 Å². The van der Waals surface area contributed by atoms with E-state index in [1.807, 2.05) is 13.8 Å². The maximum Gasteiger partial charge on any atom is 0.288 e. The van der Waals surface area contributed by atoms with Crippen LogP contribution >= 0.6 is 11.6 Å². The molecule has 0 aliphatic heterocycles. The summed E-state index contributed by atoms with van der Waals surface area (Å²) in [5.41, 5.74) is -0.0483. The summed E-state index contributed by atoms with van der Waals surface area (Å²) in [7, 11) is 0. The summed E-state index contributed by atoms with van der Waals surface area (Å²) in [4.78, 5) is 24.2. The van der Waals surface area contributed by atoms with Gasteiger partial charge < -0.3 is 4.90 Å². The second-order valence-electron chi connectivity index (χ2n) is 4.13. The van der Waals surface area contributed by atoms with E-state index in [-0.39, 0.29) is 22.2 Å². The van der Waals surface area contributed by atoms with Crippen molar-refractivity contribution in [3.63, 3.8) is 0 Å². The van der Waals surface area contributed by atoms with Crippen molar-refractivity contribution in [3.8, 4) is 0 Å². The van der Waals surface area contributed by atoms with E-state index >= 15 is 0 Å². The van der Waals surface area contributed by atoms with Crippen molar-refractivity contribution in [1.82, 2.24) is 4.90 Å². The molecule has 0 atom stereocenters. The van der Waals surface area contributed by atoms with Crippen molar-refractivity contribution in [1.29, 1.82) is 0 Å². The van der Waals surface area contributed by atoms with Crippen molar-refractivity contribution in [3.05, 3.63) is 38.9 Å². The summed E-state index contributed by atoms with van der Waals surface area (Å²) in [6.07, 6.45) is 1.87. The fourth-order valence-electron chi connectivity index (χ4n) is 1.75. The molecule has 1 amide bonds. The van der Waals surface area contributed by atoms with Crippen molar-refractivity contribution in [2.24, 2.45) is 0 Å². The number of benzene rings is 1. The zero-order valence-corrected chi connectivity index (χ0v) is 11.8. The van der Waals surface area contributed by atoms with Crippen LogP contribution in [0.5, 0.6) is 0 Å². The second-order valence-corrected chi connectivity index (χ2v) is 4.51. The quantitative estimate of drug-likeness (QED) is 0.593. The molecule has 0 N–H and O–H groups in total. The lowest BCUT2D eigenvalue weighted by atomic mass is 10.1. The van der Waals surface area contributed by atoms with Crippen molar-refractivity contribution in [2.75, 3.05) is 13.1 Å². The predicted octanol–water partition coefficient (Wildman–Crippen LogP) is 3.51. The van der Waals surface area contributed by atoms with Gasteiger partial charge in [-0.05, 0) is 19.4 Å². The van der Waals surface area contributed by atoms with Gasteiger partial charge in [0, 0.05) is 19.2 Å². The molecule has 0 aromatic heterocycles. The van der Waals surface area contributed by atoms with Crippen LogP contribution < -0.4 is 0 Å². The monoisotopic (exact) mass is 284 g/mol. The molecule has 0 spiro atoms. The van der Waals surface area contributed by atoms with Crippen molar-refractivity contribution < 1.29 is 9.72 Å². The molecule has 0 radical (unpaired) electrons. The van der Waals surface area contributed by atoms with Gasteiger partial charge >= 0.3 is 0 Å². The van der Waals surface area contributed by atoms with Crippen LogP contribution in [-0.2, 0) is 0 Å². The van der Waals surface area contributed by atoms with Gasteiger partial charge in [-0.15, -0.1) is 0 Å². The summed E-state index contributed by atoms with van der Waals surface area (Å²) in [5.74, 6) is -0.260. The Kier molecular flexibility index (Phi) is 5.76. The Morgan fingerprint density at radius 2 is 2.11 bits per heavy atom. The number of hydrogen-bond donors (Lipinski definition) is 0. The van der Waals surface area contributed by atoms with Crippen LogP contribution in [0, 0.1) is 10.1 Å². The molecule has 0 fully saturated rings. The molecule has 6 heteroatoms. The summed E-state index contributed by atoms with van der Waals surface area (Å²) < 4.78 is 0. The average Bonchev–Trinajstić information content (AvgIpc) is 2.39. The van der Waals surface area contributed by atoms with E-state index in [2.05, 4.69) is 0 Å². The van der Waals surface area contributed by atoms with Crippen LogP contribution in [0.1, 0.15) is 37.0 Å². The second kappa shape index (κ2) is 7.09. The molecule has 0 unspecified atom stereocenters. The Morgan fingerprint density at radius 1 is 1.42 bits per heavy atom. The van der Waals surface area contributed by atoms with Gasteiger partial charge in [0.05, 0.1) is 10.5 Å². The Hall–Kier alpha value is -1.62. The van der Waals surface area contributed by atoms with Gasteiger partial charge in [0.25, 0.3) is 11.6 Å². The van der Waals surface area contributed by atoms with Gasteiger partial charge in [0.15, 0.2) is 0 Å². The van der Waals surface area contributed by atoms with E-state index in [1.165, 1.54) is 18.2 Å². The molecular formula is C13H17ClN2O3. The first-order valence-electron chi connectivity index (χ1n) is 6.25. The Balaban J connectivity index is 3.04. The van der Waals surface area contributed by atoms with Gasteiger partial charge in [-0.3, -0.25) is 14.9 Å². The third-order valence-corrected chi connectivity index (χ3v) is 3.25. The number of unbranched alkanes of at least 4 members (excludes halogenated alkanes) is 1. The number of carbonyl (C=O) groups excluding carboxylic acids is 1. The molecule has 0 bridgehead atoms. The van der Waals surface area contributed by atoms with E-state index in [0.29, 0.717) is 13.1 Å². The molecule has 1 aromatic rings. The average molecular weight is 285 g/mol. The smallest absolute Gasteiger partial charge is 0.288 e. The summed E-state index contributed by atoms with van der Waals surface area (Å²) in [6.45, 7) is 5.10. The zero-order chi connectivity index (χ0) is 14.4. The third-order valence-electron chi connectivity index (χ3n) is 2.86. The number of nitro benzene ring substituents is 1. The van der Waals surface area contributed by atoms with Gasteiger partial charge in [0.1, 0.15) is 5.02 Å². The highest BCUT2D eigenvalue weighted by molar-refractivity contribution is 6.35. The fourth-order valence-corrected chi connectivity index (χ4v) is 2.02. The van der Waals surface area contributed by atoms with E-state index < -0.39 is 4.92 Å². The Labute approximate surface area is 117 Å². The molecule has 0 aliphatic carbocycles. The minimum absolute atomic E-state index is 0.0903. The molecule has 1 rings (SSSR count). The van der Waals surface area contributed by atoms with Gasteiger partial charge in [0.2, 0.25) is 0 Å². The molecule has 19 heavy (non-hydrogen) atoms. The number of carbonyl (C=O) groups is 1. The molecule has 104 valence electrons. The lowest BCUT2D eigenvalue weighted by molar-refractivity contribution is -0.384. The molecule has 0 heterocycles. The number of hydrogen-bond acceptors (Lipinski definition) is 3. The molecule has 0 saturated carbocycles. The van der Waals surface area contributed by atoms with E-state index in [0.717, 1.165) is 12.8 Å². The Bertz CT molecular complexity index is 477. The molecule has 5 nitrogen and oxygen atoms in total. The first-order valence-corrected chi connectivity index (χ1v) is 6.62. The van der Waals surface area contributed by atoms with E-state index in [9.17, 15) is 14.9 Å². The maximum atomic E-state index is 12.3. The Morgan fingerprint density at radius 3 is 2.63 bits per heavy atom. The zero-order valence-electron chi connectivity index (χ0n) is 11.1. The SMILES string of the molecule is CCCCN(CC)C(=O)c1cccc([N+](=O)[O-])c1Cl. The summed E-state index contributed by atoms with van der Waals surface area (Å²) in [6, 6.07) is 4.29. The van der Waals surface area contributed by atoms with Crippen molar-refractivity contribution in [2.45, 2.75) is 26.7 Å². The number of amides is 1. The van der Waals surface area contributed by atoms with Gasteiger partial charge in [-0.2, -0.15) is 0 Å². The van der Waals surface area contributed by atoms with Crippen molar-refractivity contribution >= 4 is 23.2 Å². The van der Waals surface area contributed by atoms with Crippen LogP contribution in [0.25, 0.3) is 0 Å². The highest BCUT2D eigenvalue weighted by atomic mass is 35.5. The summed E-state index contributed by atoms with van der Waals surface area (Å²) >= 11 is 5.94. The lowest BCUT2D eigenvalue weighted by Gasteiger charge is -2.21. The first kappa shape index (κ1) is 15.4. The van der Waals surface area contributed by atoms with Crippen LogP contribution in [0.2, 0.25) is 5.02 Å². The maximum absolute atomic E-state index is 12.3. The van der Waals surface area contributed by atoms with Crippen LogP contribution in [0.15, 0.2) is 18.2 Å². The van der Waals surface area contributed by atoms with Gasteiger partial charge in [-0.25, -0.2) is 0 Å². The molecule has 0 aliphatic rings. The fraction of sp³-hybridized carbons (Fsp3) is 0.462.